The van der Waals surface area contributed by atoms with Gasteiger partial charge in [0, 0.05) is 31.6 Å². The van der Waals surface area contributed by atoms with Crippen molar-refractivity contribution in [2.75, 3.05) is 6.54 Å². The molecule has 2 heterocycles. The molecule has 2 aromatic carbocycles. The Balaban J connectivity index is 1.61. The number of phenolic OH excluding ortho intramolecular Hbond substituents is 1. The first-order chi connectivity index (χ1) is 13.2. The van der Waals surface area contributed by atoms with Crippen LogP contribution in [0.25, 0.3) is 0 Å². The van der Waals surface area contributed by atoms with Gasteiger partial charge < -0.3 is 19.5 Å². The summed E-state index contributed by atoms with van der Waals surface area (Å²) in [6.45, 7) is 1.22. The van der Waals surface area contributed by atoms with Gasteiger partial charge in [-0.2, -0.15) is 0 Å². The lowest BCUT2D eigenvalue weighted by molar-refractivity contribution is -0.0995. The van der Waals surface area contributed by atoms with Crippen molar-refractivity contribution in [2.24, 2.45) is 0 Å². The monoisotopic (exact) mass is 365 g/mol. The largest absolute Gasteiger partial charge is 0.508 e. The summed E-state index contributed by atoms with van der Waals surface area (Å²) in [6, 6.07) is 17.5. The molecule has 3 N–H and O–H groups in total. The van der Waals surface area contributed by atoms with Gasteiger partial charge in [0.15, 0.2) is 0 Å². The van der Waals surface area contributed by atoms with E-state index in [1.165, 1.54) is 5.56 Å². The SMILES string of the molecule is Oc1cccc(Cn2cnc(Cc3ccccc3)c2CC2CNC(O)O2)c1. The molecule has 0 aliphatic carbocycles. The molecular formula is C21H23N3O3. The molecule has 140 valence electrons. The number of imidazole rings is 1. The van der Waals surface area contributed by atoms with Crippen LogP contribution >= 0.6 is 0 Å². The summed E-state index contributed by atoms with van der Waals surface area (Å²) < 4.78 is 7.63. The molecule has 3 aromatic rings. The van der Waals surface area contributed by atoms with Crippen molar-refractivity contribution >= 4 is 0 Å². The fourth-order valence-corrected chi connectivity index (χ4v) is 3.46. The summed E-state index contributed by atoms with van der Waals surface area (Å²) in [5, 5.41) is 22.2. The summed E-state index contributed by atoms with van der Waals surface area (Å²) >= 11 is 0. The van der Waals surface area contributed by atoms with E-state index in [4.69, 9.17) is 4.74 Å². The van der Waals surface area contributed by atoms with Gasteiger partial charge in [0.25, 0.3) is 0 Å². The molecule has 6 nitrogen and oxygen atoms in total. The summed E-state index contributed by atoms with van der Waals surface area (Å²) in [4.78, 5) is 4.65. The number of aromatic hydroxyl groups is 1. The molecule has 27 heavy (non-hydrogen) atoms. The lowest BCUT2D eigenvalue weighted by Crippen LogP contribution is -2.21. The lowest BCUT2D eigenvalue weighted by Gasteiger charge is -2.14. The zero-order valence-electron chi connectivity index (χ0n) is 15.0. The Kier molecular flexibility index (Phi) is 5.20. The Morgan fingerprint density at radius 3 is 2.67 bits per heavy atom. The smallest absolute Gasteiger partial charge is 0.213 e. The minimum absolute atomic E-state index is 0.103. The third-order valence-corrected chi connectivity index (χ3v) is 4.77. The van der Waals surface area contributed by atoms with Crippen molar-refractivity contribution < 1.29 is 14.9 Å². The van der Waals surface area contributed by atoms with Crippen LogP contribution in [0.3, 0.4) is 0 Å². The minimum Gasteiger partial charge on any atom is -0.508 e. The number of aromatic nitrogens is 2. The summed E-state index contributed by atoms with van der Waals surface area (Å²) in [5.74, 6) is 0.255. The molecule has 0 spiro atoms. The maximum Gasteiger partial charge on any atom is 0.213 e. The highest BCUT2D eigenvalue weighted by Gasteiger charge is 2.25. The zero-order valence-corrected chi connectivity index (χ0v) is 15.0. The van der Waals surface area contributed by atoms with Gasteiger partial charge in [-0.3, -0.25) is 5.32 Å². The highest BCUT2D eigenvalue weighted by molar-refractivity contribution is 5.29. The van der Waals surface area contributed by atoms with Crippen molar-refractivity contribution in [3.8, 4) is 5.75 Å². The Morgan fingerprint density at radius 2 is 1.93 bits per heavy atom. The van der Waals surface area contributed by atoms with Crippen LogP contribution in [0, 0.1) is 0 Å². The van der Waals surface area contributed by atoms with Gasteiger partial charge in [0.05, 0.1) is 18.1 Å². The van der Waals surface area contributed by atoms with Crippen molar-refractivity contribution in [1.82, 2.24) is 14.9 Å². The fourth-order valence-electron chi connectivity index (χ4n) is 3.46. The van der Waals surface area contributed by atoms with Crippen LogP contribution in [-0.2, 0) is 24.1 Å². The summed E-state index contributed by atoms with van der Waals surface area (Å²) in [7, 11) is 0. The van der Waals surface area contributed by atoms with Gasteiger partial charge in [0.2, 0.25) is 6.41 Å². The van der Waals surface area contributed by atoms with E-state index in [0.29, 0.717) is 19.5 Å². The lowest BCUT2D eigenvalue weighted by atomic mass is 10.1. The highest BCUT2D eigenvalue weighted by atomic mass is 16.6. The van der Waals surface area contributed by atoms with Crippen molar-refractivity contribution in [3.63, 3.8) is 0 Å². The fraction of sp³-hybridized carbons (Fsp3) is 0.286. The molecule has 1 fully saturated rings. The van der Waals surface area contributed by atoms with E-state index in [1.54, 1.807) is 12.1 Å². The van der Waals surface area contributed by atoms with Crippen molar-refractivity contribution in [2.45, 2.75) is 31.9 Å². The van der Waals surface area contributed by atoms with Crippen LogP contribution in [0.5, 0.6) is 5.75 Å². The number of aliphatic hydroxyl groups excluding tert-OH is 1. The molecule has 1 aromatic heterocycles. The van der Waals surface area contributed by atoms with E-state index in [-0.39, 0.29) is 11.9 Å². The van der Waals surface area contributed by atoms with Gasteiger partial charge in [-0.05, 0) is 23.3 Å². The predicted octanol–water partition coefficient (Wildman–Crippen LogP) is 2.03. The van der Waals surface area contributed by atoms with E-state index in [9.17, 15) is 10.2 Å². The zero-order chi connectivity index (χ0) is 18.6. The predicted molar refractivity (Wildman–Crippen MR) is 101 cm³/mol. The van der Waals surface area contributed by atoms with Gasteiger partial charge in [-0.1, -0.05) is 42.5 Å². The summed E-state index contributed by atoms with van der Waals surface area (Å²) in [6.07, 6.45) is 2.23. The second kappa shape index (κ2) is 7.92. The topological polar surface area (TPSA) is 79.5 Å². The van der Waals surface area contributed by atoms with Crippen LogP contribution in [0.4, 0.5) is 0 Å². The third-order valence-electron chi connectivity index (χ3n) is 4.77. The molecule has 0 bridgehead atoms. The maximum absolute atomic E-state index is 9.74. The van der Waals surface area contributed by atoms with E-state index in [0.717, 1.165) is 23.4 Å². The van der Waals surface area contributed by atoms with Gasteiger partial charge in [-0.25, -0.2) is 4.98 Å². The quantitative estimate of drug-likeness (QED) is 0.623. The molecule has 4 rings (SSSR count). The molecule has 0 amide bonds. The Bertz CT molecular complexity index is 895. The van der Waals surface area contributed by atoms with Gasteiger partial charge >= 0.3 is 0 Å². The maximum atomic E-state index is 9.74. The number of benzene rings is 2. The average Bonchev–Trinajstić information content (AvgIpc) is 3.23. The van der Waals surface area contributed by atoms with Crippen LogP contribution in [-0.4, -0.2) is 38.8 Å². The van der Waals surface area contributed by atoms with E-state index < -0.39 is 6.41 Å². The number of phenols is 1. The van der Waals surface area contributed by atoms with Crippen LogP contribution in [0.15, 0.2) is 60.9 Å². The first-order valence-electron chi connectivity index (χ1n) is 9.09. The first-order valence-corrected chi connectivity index (χ1v) is 9.09. The van der Waals surface area contributed by atoms with E-state index in [1.807, 2.05) is 36.7 Å². The van der Waals surface area contributed by atoms with Gasteiger partial charge in [0.1, 0.15) is 5.75 Å². The second-order valence-corrected chi connectivity index (χ2v) is 6.82. The normalized spacial score (nSPS) is 19.4. The molecule has 2 unspecified atom stereocenters. The molecular weight excluding hydrogens is 342 g/mol. The Morgan fingerprint density at radius 1 is 1.11 bits per heavy atom. The van der Waals surface area contributed by atoms with Crippen LogP contribution in [0.1, 0.15) is 22.5 Å². The first kappa shape index (κ1) is 17.7. The molecule has 1 aliphatic rings. The average molecular weight is 365 g/mol. The molecule has 0 radical (unpaired) electrons. The van der Waals surface area contributed by atoms with Crippen LogP contribution < -0.4 is 5.32 Å². The van der Waals surface area contributed by atoms with Gasteiger partial charge in [-0.15, -0.1) is 0 Å². The van der Waals surface area contributed by atoms with E-state index in [2.05, 4.69) is 27.0 Å². The second-order valence-electron chi connectivity index (χ2n) is 6.82. The van der Waals surface area contributed by atoms with Crippen LogP contribution in [0.2, 0.25) is 0 Å². The molecule has 1 aliphatic heterocycles. The number of nitrogens with zero attached hydrogens (tertiary/aromatic N) is 2. The number of nitrogens with one attached hydrogen (secondary N) is 1. The number of aliphatic hydroxyl groups is 1. The Hall–Kier alpha value is -2.67. The molecule has 0 saturated carbocycles. The van der Waals surface area contributed by atoms with E-state index >= 15 is 0 Å². The summed E-state index contributed by atoms with van der Waals surface area (Å²) in [5.41, 5.74) is 4.30. The molecule has 6 heteroatoms. The number of rotatable bonds is 6. The molecule has 1 saturated heterocycles. The number of hydrogen-bond donors (Lipinski definition) is 3. The number of ether oxygens (including phenoxy) is 1. The standard InChI is InChI=1S/C21H23N3O3/c25-17-8-4-7-16(9-17)13-24-14-23-19(10-15-5-2-1-3-6-15)20(24)11-18-12-22-21(26)27-18/h1-9,14,18,21-22,25-26H,10-13H2. The van der Waals surface area contributed by atoms with Crippen molar-refractivity contribution in [1.29, 1.82) is 0 Å². The third kappa shape index (κ3) is 4.36. The number of hydrogen-bond acceptors (Lipinski definition) is 5. The van der Waals surface area contributed by atoms with Crippen molar-refractivity contribution in [3.05, 3.63) is 83.4 Å². The molecule has 2 atom stereocenters. The highest BCUT2D eigenvalue weighted by Crippen LogP contribution is 2.20. The Labute approximate surface area is 158 Å². The minimum atomic E-state index is -0.907.